The van der Waals surface area contributed by atoms with Crippen LogP contribution in [0.4, 0.5) is 5.69 Å². The van der Waals surface area contributed by atoms with Crippen LogP contribution in [0.25, 0.3) is 0 Å². The molecule has 0 saturated heterocycles. The molecule has 0 fully saturated rings. The third-order valence-electron chi connectivity index (χ3n) is 4.08. The predicted octanol–water partition coefficient (Wildman–Crippen LogP) is 2.62. The Morgan fingerprint density at radius 2 is 1.72 bits per heavy atom. The highest BCUT2D eigenvalue weighted by atomic mass is 32.1. The molecule has 0 atom stereocenters. The van der Waals surface area contributed by atoms with Crippen molar-refractivity contribution in [1.29, 1.82) is 0 Å². The van der Waals surface area contributed by atoms with E-state index in [2.05, 4.69) is 15.4 Å². The summed E-state index contributed by atoms with van der Waals surface area (Å²) < 4.78 is 4.66. The lowest BCUT2D eigenvalue weighted by molar-refractivity contribution is -0.128. The van der Waals surface area contributed by atoms with Gasteiger partial charge in [0, 0.05) is 31.8 Å². The highest BCUT2D eigenvalue weighted by Gasteiger charge is 2.12. The van der Waals surface area contributed by atoms with Gasteiger partial charge in [-0.1, -0.05) is 18.2 Å². The molecule has 0 bridgehead atoms. The van der Waals surface area contributed by atoms with E-state index >= 15 is 0 Å². The molecule has 0 aliphatic heterocycles. The number of methoxy groups -OCH3 is 1. The van der Waals surface area contributed by atoms with Crippen molar-refractivity contribution in [1.82, 2.24) is 10.2 Å². The maximum absolute atomic E-state index is 12.4. The van der Waals surface area contributed by atoms with E-state index in [1.54, 1.807) is 37.2 Å². The van der Waals surface area contributed by atoms with Crippen LogP contribution in [0.3, 0.4) is 0 Å². The van der Waals surface area contributed by atoms with Crippen LogP contribution in [-0.2, 0) is 16.0 Å². The van der Waals surface area contributed by atoms with Crippen LogP contribution < -0.4 is 10.6 Å². The topological polar surface area (TPSA) is 87.7 Å². The standard InChI is InChI=1S/C21H23N3O4S/c1-24(2)18(25)11-10-14-6-4-9-17(12-14)22-21(29)23-19(26)15-7-5-8-16(13-15)20(27)28-3/h4-9,12-13H,10-11H2,1-3H3,(H2,22,23,26,29). The van der Waals surface area contributed by atoms with Crippen molar-refractivity contribution in [3.8, 4) is 0 Å². The Balaban J connectivity index is 1.97. The van der Waals surface area contributed by atoms with E-state index in [9.17, 15) is 14.4 Å². The Morgan fingerprint density at radius 3 is 2.41 bits per heavy atom. The smallest absolute Gasteiger partial charge is 0.337 e. The van der Waals surface area contributed by atoms with Gasteiger partial charge in [-0.25, -0.2) is 4.79 Å². The molecule has 0 unspecified atom stereocenters. The van der Waals surface area contributed by atoms with Gasteiger partial charge in [0.15, 0.2) is 5.11 Å². The zero-order valence-electron chi connectivity index (χ0n) is 16.5. The summed E-state index contributed by atoms with van der Waals surface area (Å²) in [5.41, 5.74) is 2.24. The Labute approximate surface area is 175 Å². The van der Waals surface area contributed by atoms with E-state index in [1.165, 1.54) is 13.2 Å². The van der Waals surface area contributed by atoms with Crippen molar-refractivity contribution < 1.29 is 19.1 Å². The molecule has 2 aromatic rings. The average molecular weight is 413 g/mol. The number of esters is 1. The molecule has 0 saturated carbocycles. The van der Waals surface area contributed by atoms with E-state index in [0.29, 0.717) is 18.5 Å². The van der Waals surface area contributed by atoms with E-state index in [-0.39, 0.29) is 22.1 Å². The first-order chi connectivity index (χ1) is 13.8. The van der Waals surface area contributed by atoms with E-state index in [0.717, 1.165) is 5.56 Å². The molecule has 8 heteroatoms. The molecule has 0 radical (unpaired) electrons. The third-order valence-corrected chi connectivity index (χ3v) is 4.29. The van der Waals surface area contributed by atoms with Crippen molar-refractivity contribution in [2.45, 2.75) is 12.8 Å². The Kier molecular flexibility index (Phi) is 7.85. The fraction of sp³-hybridized carbons (Fsp3) is 0.238. The molecular formula is C21H23N3O4S. The predicted molar refractivity (Wildman–Crippen MR) is 115 cm³/mol. The summed E-state index contributed by atoms with van der Waals surface area (Å²) in [6.07, 6.45) is 1.01. The minimum Gasteiger partial charge on any atom is -0.465 e. The highest BCUT2D eigenvalue weighted by molar-refractivity contribution is 7.80. The van der Waals surface area contributed by atoms with Gasteiger partial charge in [0.05, 0.1) is 12.7 Å². The van der Waals surface area contributed by atoms with E-state index in [4.69, 9.17) is 12.2 Å². The quantitative estimate of drug-likeness (QED) is 0.559. The number of thiocarbonyl (C=S) groups is 1. The van der Waals surface area contributed by atoms with Gasteiger partial charge in [0.2, 0.25) is 5.91 Å². The van der Waals surface area contributed by atoms with Gasteiger partial charge in [-0.15, -0.1) is 0 Å². The zero-order chi connectivity index (χ0) is 21.4. The molecule has 2 rings (SSSR count). The summed E-state index contributed by atoms with van der Waals surface area (Å²) in [5, 5.41) is 5.66. The number of benzene rings is 2. The molecular weight excluding hydrogens is 390 g/mol. The number of nitrogens with one attached hydrogen (secondary N) is 2. The summed E-state index contributed by atoms with van der Waals surface area (Å²) in [5.74, 6) is -0.911. The lowest BCUT2D eigenvalue weighted by atomic mass is 10.1. The van der Waals surface area contributed by atoms with Gasteiger partial charge in [0.1, 0.15) is 0 Å². The molecule has 0 aromatic heterocycles. The van der Waals surface area contributed by atoms with Crippen molar-refractivity contribution in [3.63, 3.8) is 0 Å². The van der Waals surface area contributed by atoms with Gasteiger partial charge >= 0.3 is 5.97 Å². The van der Waals surface area contributed by atoms with Crippen LogP contribution >= 0.6 is 12.2 Å². The summed E-state index contributed by atoms with van der Waals surface area (Å²) >= 11 is 5.21. The molecule has 0 aliphatic rings. The monoisotopic (exact) mass is 413 g/mol. The summed E-state index contributed by atoms with van der Waals surface area (Å²) in [4.78, 5) is 37.3. The minimum atomic E-state index is -0.523. The molecule has 7 nitrogen and oxygen atoms in total. The normalized spacial score (nSPS) is 10.0. The van der Waals surface area contributed by atoms with Gasteiger partial charge in [0.25, 0.3) is 5.91 Å². The van der Waals surface area contributed by atoms with Crippen LogP contribution in [0.5, 0.6) is 0 Å². The third kappa shape index (κ3) is 6.69. The summed E-state index contributed by atoms with van der Waals surface area (Å²) in [7, 11) is 4.73. The number of hydrogen-bond acceptors (Lipinski definition) is 5. The van der Waals surface area contributed by atoms with Crippen molar-refractivity contribution in [3.05, 3.63) is 65.2 Å². The van der Waals surface area contributed by atoms with Crippen LogP contribution in [-0.4, -0.2) is 49.0 Å². The minimum absolute atomic E-state index is 0.0559. The highest BCUT2D eigenvalue weighted by Crippen LogP contribution is 2.13. The summed E-state index contributed by atoms with van der Waals surface area (Å²) in [6.45, 7) is 0. The number of amides is 2. The van der Waals surface area contributed by atoms with Gasteiger partial charge in [-0.05, 0) is 54.5 Å². The summed E-state index contributed by atoms with van der Waals surface area (Å²) in [6, 6.07) is 13.6. The first-order valence-electron chi connectivity index (χ1n) is 8.90. The number of rotatable bonds is 6. The van der Waals surface area contributed by atoms with Gasteiger partial charge in [-0.2, -0.15) is 0 Å². The average Bonchev–Trinajstić information content (AvgIpc) is 2.71. The maximum atomic E-state index is 12.4. The van der Waals surface area contributed by atoms with Crippen molar-refractivity contribution >= 4 is 40.8 Å². The Hall–Kier alpha value is -3.26. The zero-order valence-corrected chi connectivity index (χ0v) is 17.3. The van der Waals surface area contributed by atoms with Crippen LogP contribution in [0, 0.1) is 0 Å². The molecule has 2 aromatic carbocycles. The Bertz CT molecular complexity index is 928. The Morgan fingerprint density at radius 1 is 1.03 bits per heavy atom. The lowest BCUT2D eigenvalue weighted by Crippen LogP contribution is -2.34. The first-order valence-corrected chi connectivity index (χ1v) is 9.30. The second kappa shape index (κ2) is 10.3. The van der Waals surface area contributed by atoms with Crippen LogP contribution in [0.1, 0.15) is 32.7 Å². The lowest BCUT2D eigenvalue weighted by Gasteiger charge is -2.12. The number of carbonyl (C=O) groups excluding carboxylic acids is 3. The van der Waals surface area contributed by atoms with E-state index < -0.39 is 11.9 Å². The molecule has 29 heavy (non-hydrogen) atoms. The SMILES string of the molecule is COC(=O)c1cccc(C(=O)NC(=S)Nc2cccc(CCC(=O)N(C)C)c2)c1. The fourth-order valence-electron chi connectivity index (χ4n) is 2.52. The molecule has 2 N–H and O–H groups in total. The molecule has 0 spiro atoms. The first kappa shape index (κ1) is 22.0. The maximum Gasteiger partial charge on any atom is 0.337 e. The molecule has 2 amide bonds. The number of ether oxygens (including phenoxy) is 1. The largest absolute Gasteiger partial charge is 0.465 e. The molecule has 0 aliphatic carbocycles. The second-order valence-corrected chi connectivity index (χ2v) is 6.88. The number of aryl methyl sites for hydroxylation is 1. The van der Waals surface area contributed by atoms with Crippen molar-refractivity contribution in [2.24, 2.45) is 0 Å². The van der Waals surface area contributed by atoms with Crippen LogP contribution in [0.15, 0.2) is 48.5 Å². The van der Waals surface area contributed by atoms with Crippen LogP contribution in [0.2, 0.25) is 0 Å². The number of hydrogen-bond donors (Lipinski definition) is 2. The van der Waals surface area contributed by atoms with Gasteiger partial charge < -0.3 is 15.0 Å². The van der Waals surface area contributed by atoms with E-state index in [1.807, 2.05) is 24.3 Å². The number of carbonyl (C=O) groups is 3. The fourth-order valence-corrected chi connectivity index (χ4v) is 2.73. The number of anilines is 1. The molecule has 0 heterocycles. The molecule has 152 valence electrons. The second-order valence-electron chi connectivity index (χ2n) is 6.47. The number of nitrogens with zero attached hydrogens (tertiary/aromatic N) is 1. The van der Waals surface area contributed by atoms with Gasteiger partial charge in [-0.3, -0.25) is 14.9 Å². The van der Waals surface area contributed by atoms with Crippen molar-refractivity contribution in [2.75, 3.05) is 26.5 Å².